The number of anilines is 1. The number of likely N-dealkylation sites (tertiary alicyclic amines) is 1. The molecule has 1 spiro atoms. The molecular formula is C23H22F6N4O2. The molecule has 12 heteroatoms. The Hall–Kier alpha value is -3.15. The van der Waals surface area contributed by atoms with Gasteiger partial charge in [-0.15, -0.1) is 0 Å². The van der Waals surface area contributed by atoms with E-state index >= 15 is 0 Å². The van der Waals surface area contributed by atoms with Gasteiger partial charge in [-0.1, -0.05) is 12.1 Å². The van der Waals surface area contributed by atoms with Crippen molar-refractivity contribution in [3.05, 3.63) is 59.0 Å². The van der Waals surface area contributed by atoms with E-state index in [-0.39, 0.29) is 18.9 Å². The predicted octanol–water partition coefficient (Wildman–Crippen LogP) is 3.80. The highest BCUT2D eigenvalue weighted by molar-refractivity contribution is 6.09. The minimum atomic E-state index is -4.55. The van der Waals surface area contributed by atoms with E-state index in [1.54, 1.807) is 13.8 Å². The van der Waals surface area contributed by atoms with Crippen molar-refractivity contribution in [2.24, 2.45) is 0 Å². The van der Waals surface area contributed by atoms with Crippen molar-refractivity contribution in [2.75, 3.05) is 31.1 Å². The van der Waals surface area contributed by atoms with Gasteiger partial charge in [0, 0.05) is 19.3 Å². The highest BCUT2D eigenvalue weighted by Crippen LogP contribution is 2.41. The minimum Gasteiger partial charge on any atom is -0.317 e. The molecule has 1 aromatic carbocycles. The molecule has 0 saturated carbocycles. The fourth-order valence-electron chi connectivity index (χ4n) is 4.76. The number of carbonyl (C=O) groups excluding carboxylic acids is 2. The molecule has 1 atom stereocenters. The standard InChI is InChI=1S/C23H22F6N4O2/c1-13-7-17(24)20(30-8-13)32-10-19(34)33(22(21(32)35)11-31(12-22)9-18(25)26)14(2)15-3-5-16(6-4-15)23(27,28)29/h3-8,14,18H,9-12H2,1-2H3/t14-/m0/s1. The van der Waals surface area contributed by atoms with Crippen LogP contribution in [0.25, 0.3) is 0 Å². The molecular weight excluding hydrogens is 478 g/mol. The Bertz CT molecular complexity index is 1130. The molecule has 0 radical (unpaired) electrons. The Morgan fingerprint density at radius 3 is 2.29 bits per heavy atom. The molecule has 188 valence electrons. The number of nitrogens with zero attached hydrogens (tertiary/aromatic N) is 4. The van der Waals surface area contributed by atoms with Crippen LogP contribution in [-0.4, -0.2) is 64.7 Å². The number of carbonyl (C=O) groups is 2. The Morgan fingerprint density at radius 1 is 1.11 bits per heavy atom. The van der Waals surface area contributed by atoms with Crippen LogP contribution in [0.15, 0.2) is 36.5 Å². The Labute approximate surface area is 197 Å². The average Bonchev–Trinajstić information content (AvgIpc) is 2.74. The summed E-state index contributed by atoms with van der Waals surface area (Å²) >= 11 is 0. The van der Waals surface area contributed by atoms with E-state index in [1.165, 1.54) is 28.1 Å². The van der Waals surface area contributed by atoms with E-state index in [1.807, 2.05) is 0 Å². The fourth-order valence-corrected chi connectivity index (χ4v) is 4.76. The first kappa shape index (κ1) is 25.0. The van der Waals surface area contributed by atoms with E-state index in [9.17, 15) is 35.9 Å². The Balaban J connectivity index is 1.70. The zero-order valence-electron chi connectivity index (χ0n) is 18.8. The molecule has 0 unspecified atom stereocenters. The largest absolute Gasteiger partial charge is 0.416 e. The van der Waals surface area contributed by atoms with Gasteiger partial charge in [-0.2, -0.15) is 13.2 Å². The summed E-state index contributed by atoms with van der Waals surface area (Å²) in [7, 11) is 0. The molecule has 0 aliphatic carbocycles. The van der Waals surface area contributed by atoms with E-state index in [4.69, 9.17) is 0 Å². The normalized spacial score (nSPS) is 19.5. The molecule has 4 rings (SSSR count). The number of benzene rings is 1. The van der Waals surface area contributed by atoms with Gasteiger partial charge in [-0.3, -0.25) is 19.4 Å². The molecule has 0 N–H and O–H groups in total. The third-order valence-electron chi connectivity index (χ3n) is 6.35. The van der Waals surface area contributed by atoms with Gasteiger partial charge in [0.05, 0.1) is 18.2 Å². The van der Waals surface area contributed by atoms with Crippen LogP contribution >= 0.6 is 0 Å². The molecule has 2 aromatic rings. The SMILES string of the molecule is Cc1cnc(N2CC(=O)N([C@@H](C)c3ccc(C(F)(F)F)cc3)C3(CN(CC(F)F)C3)C2=O)c(F)c1. The lowest BCUT2D eigenvalue weighted by atomic mass is 9.81. The van der Waals surface area contributed by atoms with E-state index < -0.39 is 60.5 Å². The average molecular weight is 500 g/mol. The van der Waals surface area contributed by atoms with Crippen molar-refractivity contribution < 1.29 is 35.9 Å². The monoisotopic (exact) mass is 500 g/mol. The molecule has 2 aliphatic heterocycles. The topological polar surface area (TPSA) is 56.8 Å². The summed E-state index contributed by atoms with van der Waals surface area (Å²) in [5.41, 5.74) is -1.63. The summed E-state index contributed by atoms with van der Waals surface area (Å²) < 4.78 is 79.4. The number of aryl methyl sites for hydroxylation is 1. The second kappa shape index (κ2) is 8.81. The number of piperazine rings is 1. The van der Waals surface area contributed by atoms with Gasteiger partial charge in [0.25, 0.3) is 12.3 Å². The lowest BCUT2D eigenvalue weighted by Gasteiger charge is -2.59. The lowest BCUT2D eigenvalue weighted by Crippen LogP contribution is -2.81. The summed E-state index contributed by atoms with van der Waals surface area (Å²) in [5.74, 6) is -2.44. The second-order valence-electron chi connectivity index (χ2n) is 8.86. The van der Waals surface area contributed by atoms with Crippen LogP contribution in [-0.2, 0) is 15.8 Å². The number of rotatable bonds is 5. The molecule has 35 heavy (non-hydrogen) atoms. The molecule has 2 aliphatic rings. The van der Waals surface area contributed by atoms with Gasteiger partial charge < -0.3 is 4.90 Å². The zero-order valence-corrected chi connectivity index (χ0v) is 18.8. The van der Waals surface area contributed by atoms with Gasteiger partial charge in [0.1, 0.15) is 12.1 Å². The van der Waals surface area contributed by atoms with Crippen LogP contribution in [0.2, 0.25) is 0 Å². The summed E-state index contributed by atoms with van der Waals surface area (Å²) in [6, 6.07) is 4.48. The molecule has 6 nitrogen and oxygen atoms in total. The van der Waals surface area contributed by atoms with Gasteiger partial charge in [-0.05, 0) is 43.2 Å². The number of amides is 2. The number of aromatic nitrogens is 1. The van der Waals surface area contributed by atoms with E-state index in [0.717, 1.165) is 23.1 Å². The molecule has 1 aromatic heterocycles. The Kier molecular flexibility index (Phi) is 6.28. The van der Waals surface area contributed by atoms with Gasteiger partial charge >= 0.3 is 6.18 Å². The first-order valence-corrected chi connectivity index (χ1v) is 10.8. The number of pyridine rings is 1. The predicted molar refractivity (Wildman–Crippen MR) is 113 cm³/mol. The van der Waals surface area contributed by atoms with Crippen LogP contribution in [0.4, 0.5) is 32.2 Å². The highest BCUT2D eigenvalue weighted by atomic mass is 19.4. The van der Waals surface area contributed by atoms with Crippen molar-refractivity contribution in [2.45, 2.75) is 38.0 Å². The number of hydrogen-bond donors (Lipinski definition) is 0. The maximum atomic E-state index is 14.6. The molecule has 2 saturated heterocycles. The second-order valence-corrected chi connectivity index (χ2v) is 8.86. The summed E-state index contributed by atoms with van der Waals surface area (Å²) in [6.45, 7) is 1.53. The summed E-state index contributed by atoms with van der Waals surface area (Å²) in [6.07, 6.45) is -5.88. The van der Waals surface area contributed by atoms with Crippen molar-refractivity contribution >= 4 is 17.6 Å². The summed E-state index contributed by atoms with van der Waals surface area (Å²) in [4.78, 5) is 34.3. The van der Waals surface area contributed by atoms with Crippen LogP contribution < -0.4 is 4.90 Å². The van der Waals surface area contributed by atoms with Gasteiger partial charge in [0.2, 0.25) is 5.91 Å². The highest BCUT2D eigenvalue weighted by Gasteiger charge is 2.61. The van der Waals surface area contributed by atoms with Crippen LogP contribution in [0.1, 0.15) is 29.7 Å². The molecule has 2 fully saturated rings. The van der Waals surface area contributed by atoms with E-state index in [2.05, 4.69) is 4.98 Å². The molecule has 0 bridgehead atoms. The maximum Gasteiger partial charge on any atom is 0.416 e. The number of halogens is 6. The third-order valence-corrected chi connectivity index (χ3v) is 6.35. The van der Waals surface area contributed by atoms with Crippen molar-refractivity contribution in [3.8, 4) is 0 Å². The molecule has 3 heterocycles. The van der Waals surface area contributed by atoms with Crippen LogP contribution in [0, 0.1) is 12.7 Å². The van der Waals surface area contributed by atoms with Gasteiger partial charge in [-0.25, -0.2) is 18.2 Å². The Morgan fingerprint density at radius 2 is 1.74 bits per heavy atom. The number of hydrogen-bond acceptors (Lipinski definition) is 4. The minimum absolute atomic E-state index is 0.225. The van der Waals surface area contributed by atoms with Crippen molar-refractivity contribution in [3.63, 3.8) is 0 Å². The lowest BCUT2D eigenvalue weighted by molar-refractivity contribution is -0.169. The maximum absolute atomic E-state index is 14.6. The first-order chi connectivity index (χ1) is 16.3. The van der Waals surface area contributed by atoms with E-state index in [0.29, 0.717) is 11.1 Å². The van der Waals surface area contributed by atoms with Crippen molar-refractivity contribution in [1.82, 2.24) is 14.8 Å². The summed E-state index contributed by atoms with van der Waals surface area (Å²) in [5, 5.41) is 0. The molecule has 2 amide bonds. The van der Waals surface area contributed by atoms with Gasteiger partial charge in [0.15, 0.2) is 11.6 Å². The third kappa shape index (κ3) is 4.46. The zero-order chi connectivity index (χ0) is 25.7. The fraction of sp³-hybridized carbons (Fsp3) is 0.435. The van der Waals surface area contributed by atoms with Crippen molar-refractivity contribution in [1.29, 1.82) is 0 Å². The first-order valence-electron chi connectivity index (χ1n) is 10.8. The smallest absolute Gasteiger partial charge is 0.317 e. The quantitative estimate of drug-likeness (QED) is 0.587. The van der Waals surface area contributed by atoms with Crippen LogP contribution in [0.5, 0.6) is 0 Å². The number of alkyl halides is 5. The van der Waals surface area contributed by atoms with Crippen LogP contribution in [0.3, 0.4) is 0 Å².